The third-order valence-corrected chi connectivity index (χ3v) is 6.68. The minimum atomic E-state index is -0.847. The van der Waals surface area contributed by atoms with Gasteiger partial charge in [0.15, 0.2) is 11.5 Å². The van der Waals surface area contributed by atoms with E-state index in [1.54, 1.807) is 42.5 Å². The number of rotatable bonds is 7. The highest BCUT2D eigenvalue weighted by atomic mass is 16.6. The van der Waals surface area contributed by atoms with Crippen LogP contribution in [-0.4, -0.2) is 50.7 Å². The number of nitrogens with zero attached hydrogens (tertiary/aromatic N) is 2. The molecule has 202 valence electrons. The van der Waals surface area contributed by atoms with Gasteiger partial charge >= 0.3 is 0 Å². The maximum atomic E-state index is 13.5. The van der Waals surface area contributed by atoms with Crippen molar-refractivity contribution in [2.24, 2.45) is 5.92 Å². The molecule has 1 unspecified atom stereocenters. The van der Waals surface area contributed by atoms with Gasteiger partial charge in [0, 0.05) is 37.1 Å². The van der Waals surface area contributed by atoms with Crippen molar-refractivity contribution in [1.82, 2.24) is 0 Å². The lowest BCUT2D eigenvalue weighted by Crippen LogP contribution is -2.29. The van der Waals surface area contributed by atoms with Crippen LogP contribution in [0.3, 0.4) is 0 Å². The van der Waals surface area contributed by atoms with Crippen LogP contribution in [0, 0.1) is 5.92 Å². The van der Waals surface area contributed by atoms with Gasteiger partial charge in [-0.1, -0.05) is 26.0 Å². The number of carbonyl (C=O) groups excluding carboxylic acids is 2. The predicted molar refractivity (Wildman–Crippen MR) is 150 cm³/mol. The molecular formula is C31H32N2O6. The first-order valence-electron chi connectivity index (χ1n) is 13.0. The molecule has 0 spiro atoms. The molecule has 2 aliphatic heterocycles. The van der Waals surface area contributed by atoms with Gasteiger partial charge in [0.2, 0.25) is 0 Å². The molecule has 3 aromatic rings. The van der Waals surface area contributed by atoms with E-state index >= 15 is 0 Å². The summed E-state index contributed by atoms with van der Waals surface area (Å²) in [4.78, 5) is 30.4. The molecular weight excluding hydrogens is 496 g/mol. The Morgan fingerprint density at radius 2 is 1.64 bits per heavy atom. The second kappa shape index (κ2) is 10.7. The number of anilines is 2. The lowest BCUT2D eigenvalue weighted by Gasteiger charge is -2.27. The number of aliphatic hydroxyl groups excluding tert-OH is 1. The summed E-state index contributed by atoms with van der Waals surface area (Å²) in [5, 5.41) is 11.4. The zero-order valence-corrected chi connectivity index (χ0v) is 22.5. The topological polar surface area (TPSA) is 88.5 Å². The third-order valence-electron chi connectivity index (χ3n) is 6.68. The summed E-state index contributed by atoms with van der Waals surface area (Å²) in [7, 11) is 3.87. The molecule has 0 aliphatic carbocycles. The fraction of sp³-hybridized carbons (Fsp3) is 0.290. The van der Waals surface area contributed by atoms with Crippen LogP contribution in [0.4, 0.5) is 11.4 Å². The molecule has 2 heterocycles. The zero-order valence-electron chi connectivity index (χ0n) is 22.5. The number of Topliss-reactive ketones (excluding diaryl/α,β-unsaturated/α-hetero) is 1. The zero-order chi connectivity index (χ0) is 27.7. The SMILES string of the molecule is CC(C)COc1ccc(/C(O)=C2\C(=O)C(=O)N(c3ccc4c(c3)OCCO4)C2c2ccc(N(C)C)cc2)cc1. The van der Waals surface area contributed by atoms with E-state index in [1.807, 2.05) is 43.3 Å². The molecule has 8 nitrogen and oxygen atoms in total. The number of hydrogen-bond acceptors (Lipinski definition) is 7. The molecule has 1 N–H and O–H groups in total. The summed E-state index contributed by atoms with van der Waals surface area (Å²) in [5.41, 5.74) is 2.56. The molecule has 0 aromatic heterocycles. The minimum Gasteiger partial charge on any atom is -0.507 e. The van der Waals surface area contributed by atoms with Crippen LogP contribution in [0.2, 0.25) is 0 Å². The molecule has 2 aliphatic rings. The van der Waals surface area contributed by atoms with Crippen LogP contribution in [-0.2, 0) is 9.59 Å². The lowest BCUT2D eigenvalue weighted by atomic mass is 9.95. The van der Waals surface area contributed by atoms with Crippen molar-refractivity contribution in [2.45, 2.75) is 19.9 Å². The quantitative estimate of drug-likeness (QED) is 0.257. The predicted octanol–water partition coefficient (Wildman–Crippen LogP) is 5.18. The highest BCUT2D eigenvalue weighted by Crippen LogP contribution is 2.44. The van der Waals surface area contributed by atoms with Gasteiger partial charge in [-0.05, 0) is 60.0 Å². The smallest absolute Gasteiger partial charge is 0.300 e. The summed E-state index contributed by atoms with van der Waals surface area (Å²) in [5.74, 6) is 0.371. The number of amides is 1. The van der Waals surface area contributed by atoms with Crippen molar-refractivity contribution in [3.05, 3.63) is 83.4 Å². The highest BCUT2D eigenvalue weighted by molar-refractivity contribution is 6.51. The monoisotopic (exact) mass is 528 g/mol. The molecule has 1 fully saturated rings. The fourth-order valence-corrected chi connectivity index (χ4v) is 4.68. The number of carbonyl (C=O) groups is 2. The van der Waals surface area contributed by atoms with Gasteiger partial charge in [0.25, 0.3) is 11.7 Å². The first-order valence-corrected chi connectivity index (χ1v) is 13.0. The molecule has 3 aromatic carbocycles. The van der Waals surface area contributed by atoms with E-state index in [-0.39, 0.29) is 11.3 Å². The van der Waals surface area contributed by atoms with Crippen molar-refractivity contribution >= 4 is 28.8 Å². The average molecular weight is 529 g/mol. The van der Waals surface area contributed by atoms with E-state index in [1.165, 1.54) is 4.90 Å². The maximum Gasteiger partial charge on any atom is 0.300 e. The third kappa shape index (κ3) is 5.14. The number of ketones is 1. The van der Waals surface area contributed by atoms with Crippen LogP contribution in [0.1, 0.15) is 31.0 Å². The Labute approximate surface area is 228 Å². The van der Waals surface area contributed by atoms with Crippen LogP contribution < -0.4 is 24.0 Å². The van der Waals surface area contributed by atoms with E-state index < -0.39 is 17.7 Å². The minimum absolute atomic E-state index is 0.0170. The van der Waals surface area contributed by atoms with E-state index in [4.69, 9.17) is 14.2 Å². The average Bonchev–Trinajstić information content (AvgIpc) is 3.21. The number of aliphatic hydroxyl groups is 1. The van der Waals surface area contributed by atoms with Crippen molar-refractivity contribution in [1.29, 1.82) is 0 Å². The second-order valence-electron chi connectivity index (χ2n) is 10.2. The van der Waals surface area contributed by atoms with E-state index in [0.29, 0.717) is 59.8 Å². The molecule has 1 atom stereocenters. The van der Waals surface area contributed by atoms with Gasteiger partial charge in [0.05, 0.1) is 18.2 Å². The number of fused-ring (bicyclic) bond motifs is 1. The molecule has 0 bridgehead atoms. The molecule has 8 heteroatoms. The van der Waals surface area contributed by atoms with E-state index in [9.17, 15) is 14.7 Å². The fourth-order valence-electron chi connectivity index (χ4n) is 4.68. The van der Waals surface area contributed by atoms with Crippen LogP contribution in [0.25, 0.3) is 5.76 Å². The van der Waals surface area contributed by atoms with Gasteiger partial charge in [-0.3, -0.25) is 14.5 Å². The Bertz CT molecular complexity index is 1410. The first-order chi connectivity index (χ1) is 18.7. The summed E-state index contributed by atoms with van der Waals surface area (Å²) in [6.45, 7) is 5.52. The van der Waals surface area contributed by atoms with Gasteiger partial charge < -0.3 is 24.2 Å². The van der Waals surface area contributed by atoms with Gasteiger partial charge in [0.1, 0.15) is 24.7 Å². The van der Waals surface area contributed by atoms with Crippen molar-refractivity contribution in [3.8, 4) is 17.2 Å². The number of ether oxygens (including phenoxy) is 3. The van der Waals surface area contributed by atoms with Crippen LogP contribution in [0.5, 0.6) is 17.2 Å². The van der Waals surface area contributed by atoms with E-state index in [2.05, 4.69) is 13.8 Å². The van der Waals surface area contributed by atoms with E-state index in [0.717, 1.165) is 5.69 Å². The summed E-state index contributed by atoms with van der Waals surface area (Å²) >= 11 is 0. The molecule has 1 amide bonds. The van der Waals surface area contributed by atoms with Crippen LogP contribution >= 0.6 is 0 Å². The lowest BCUT2D eigenvalue weighted by molar-refractivity contribution is -0.132. The Hall–Kier alpha value is -4.46. The van der Waals surface area contributed by atoms with Crippen LogP contribution in [0.15, 0.2) is 72.3 Å². The largest absolute Gasteiger partial charge is 0.507 e. The van der Waals surface area contributed by atoms with Gasteiger partial charge in [-0.15, -0.1) is 0 Å². The summed E-state index contributed by atoms with van der Waals surface area (Å²) < 4.78 is 17.1. The molecule has 1 saturated heterocycles. The molecule has 0 radical (unpaired) electrons. The highest BCUT2D eigenvalue weighted by Gasteiger charge is 2.47. The van der Waals surface area contributed by atoms with Gasteiger partial charge in [-0.25, -0.2) is 0 Å². The first kappa shape index (κ1) is 26.2. The summed E-state index contributed by atoms with van der Waals surface area (Å²) in [6.07, 6.45) is 0. The summed E-state index contributed by atoms with van der Waals surface area (Å²) in [6, 6.07) is 18.7. The Morgan fingerprint density at radius 1 is 0.974 bits per heavy atom. The molecule has 0 saturated carbocycles. The van der Waals surface area contributed by atoms with Crippen molar-refractivity contribution in [3.63, 3.8) is 0 Å². The standard InChI is InChI=1S/C31H32N2O6/c1-19(2)18-39-24-12-7-21(8-13-24)29(34)27-28(20-5-9-22(10-6-20)32(3)4)33(31(36)30(27)35)23-11-14-25-26(17-23)38-16-15-37-25/h5-14,17,19,28,34H,15-16,18H2,1-4H3/b29-27+. The maximum absolute atomic E-state index is 13.5. The molecule has 5 rings (SSSR count). The molecule has 39 heavy (non-hydrogen) atoms. The Kier molecular flexibility index (Phi) is 7.19. The normalized spacial score (nSPS) is 18.0. The van der Waals surface area contributed by atoms with Crippen molar-refractivity contribution < 1.29 is 28.9 Å². The van der Waals surface area contributed by atoms with Gasteiger partial charge in [-0.2, -0.15) is 0 Å². The second-order valence-corrected chi connectivity index (χ2v) is 10.2. The number of hydrogen-bond donors (Lipinski definition) is 1. The number of benzene rings is 3. The Morgan fingerprint density at radius 3 is 2.28 bits per heavy atom. The Balaban J connectivity index is 1.60. The van der Waals surface area contributed by atoms with Crippen molar-refractivity contribution in [2.75, 3.05) is 43.7 Å².